The first-order valence-electron chi connectivity index (χ1n) is 7.11. The molecule has 0 atom stereocenters. The van der Waals surface area contributed by atoms with Gasteiger partial charge in [0.1, 0.15) is 5.82 Å². The lowest BCUT2D eigenvalue weighted by Gasteiger charge is -2.11. The van der Waals surface area contributed by atoms with Crippen molar-refractivity contribution in [3.05, 3.63) is 59.3 Å². The van der Waals surface area contributed by atoms with Gasteiger partial charge >= 0.3 is 0 Å². The van der Waals surface area contributed by atoms with Crippen LogP contribution in [0, 0.1) is 6.92 Å². The molecule has 114 valence electrons. The highest BCUT2D eigenvalue weighted by Gasteiger charge is 2.09. The van der Waals surface area contributed by atoms with Crippen molar-refractivity contribution >= 4 is 29.1 Å². The van der Waals surface area contributed by atoms with Gasteiger partial charge in [0.05, 0.1) is 0 Å². The van der Waals surface area contributed by atoms with Gasteiger partial charge in [-0.1, -0.05) is 32.0 Å². The van der Waals surface area contributed by atoms with Crippen LogP contribution in [-0.4, -0.2) is 16.0 Å². The summed E-state index contributed by atoms with van der Waals surface area (Å²) in [4.78, 5) is 16.3. The third kappa shape index (κ3) is 4.11. The summed E-state index contributed by atoms with van der Waals surface area (Å²) in [5.41, 5.74) is 2.73. The molecule has 1 aromatic carbocycles. The lowest BCUT2D eigenvalue weighted by molar-refractivity contribution is 0.0977. The minimum atomic E-state index is -0.235. The van der Waals surface area contributed by atoms with E-state index in [2.05, 4.69) is 29.5 Å². The molecule has 0 spiro atoms. The summed E-state index contributed by atoms with van der Waals surface area (Å²) < 4.78 is 0. The van der Waals surface area contributed by atoms with E-state index >= 15 is 0 Å². The molecule has 0 aliphatic heterocycles. The quantitative estimate of drug-likeness (QED) is 0.850. The highest BCUT2D eigenvalue weighted by atomic mass is 32.1. The maximum absolute atomic E-state index is 12.2. The number of pyridine rings is 1. The van der Waals surface area contributed by atoms with Gasteiger partial charge in [0.15, 0.2) is 5.11 Å². The van der Waals surface area contributed by atoms with Crippen LogP contribution in [0.25, 0.3) is 0 Å². The Bertz CT molecular complexity index is 681. The van der Waals surface area contributed by atoms with Gasteiger partial charge in [-0.3, -0.25) is 10.1 Å². The molecule has 2 N–H and O–H groups in total. The van der Waals surface area contributed by atoms with Crippen LogP contribution in [0.5, 0.6) is 0 Å². The Morgan fingerprint density at radius 3 is 2.45 bits per heavy atom. The molecular formula is C17H19N3OS. The molecule has 0 bridgehead atoms. The Balaban J connectivity index is 1.99. The minimum absolute atomic E-state index is 0.235. The number of carbonyl (C=O) groups is 1. The van der Waals surface area contributed by atoms with Crippen molar-refractivity contribution in [3.8, 4) is 0 Å². The molecule has 4 nitrogen and oxygen atoms in total. The SMILES string of the molecule is Cc1cccnc1NC(=S)NC(=O)c1ccc(C(C)C)cc1. The highest BCUT2D eigenvalue weighted by Crippen LogP contribution is 2.14. The molecule has 0 saturated heterocycles. The van der Waals surface area contributed by atoms with Gasteiger partial charge in [-0.05, 0) is 54.4 Å². The Labute approximate surface area is 136 Å². The van der Waals surface area contributed by atoms with Crippen LogP contribution in [0.1, 0.15) is 41.3 Å². The van der Waals surface area contributed by atoms with Gasteiger partial charge < -0.3 is 5.32 Å². The van der Waals surface area contributed by atoms with Gasteiger partial charge in [-0.15, -0.1) is 0 Å². The number of rotatable bonds is 3. The van der Waals surface area contributed by atoms with E-state index in [1.54, 1.807) is 18.3 Å². The van der Waals surface area contributed by atoms with E-state index in [0.29, 0.717) is 17.3 Å². The van der Waals surface area contributed by atoms with E-state index in [-0.39, 0.29) is 11.0 Å². The van der Waals surface area contributed by atoms with Crippen molar-refractivity contribution < 1.29 is 4.79 Å². The van der Waals surface area contributed by atoms with Gasteiger partial charge in [0, 0.05) is 11.8 Å². The zero-order valence-electron chi connectivity index (χ0n) is 12.9. The van der Waals surface area contributed by atoms with Gasteiger partial charge in [0.25, 0.3) is 5.91 Å². The summed E-state index contributed by atoms with van der Waals surface area (Å²) in [6, 6.07) is 11.3. The Morgan fingerprint density at radius 2 is 1.86 bits per heavy atom. The van der Waals surface area contributed by atoms with Crippen LogP contribution >= 0.6 is 12.2 Å². The number of anilines is 1. The van der Waals surface area contributed by atoms with Crippen LogP contribution < -0.4 is 10.6 Å². The first-order chi connectivity index (χ1) is 10.5. The van der Waals surface area contributed by atoms with Gasteiger partial charge in [-0.25, -0.2) is 4.98 Å². The average Bonchev–Trinajstić information content (AvgIpc) is 2.49. The molecule has 0 fully saturated rings. The molecule has 2 rings (SSSR count). The normalized spacial score (nSPS) is 10.4. The number of aryl methyl sites for hydroxylation is 1. The zero-order chi connectivity index (χ0) is 16.1. The smallest absolute Gasteiger partial charge is 0.257 e. The number of nitrogens with zero attached hydrogens (tertiary/aromatic N) is 1. The largest absolute Gasteiger partial charge is 0.317 e. The fraction of sp³-hybridized carbons (Fsp3) is 0.235. The Hall–Kier alpha value is -2.27. The van der Waals surface area contributed by atoms with Crippen molar-refractivity contribution in [2.24, 2.45) is 0 Å². The number of amides is 1. The summed E-state index contributed by atoms with van der Waals surface area (Å²) in [6.07, 6.45) is 1.67. The number of aromatic nitrogens is 1. The number of nitrogens with one attached hydrogen (secondary N) is 2. The third-order valence-corrected chi connectivity index (χ3v) is 3.51. The summed E-state index contributed by atoms with van der Waals surface area (Å²) in [5.74, 6) is 0.844. The maximum Gasteiger partial charge on any atom is 0.257 e. The molecule has 1 aromatic heterocycles. The average molecular weight is 313 g/mol. The van der Waals surface area contributed by atoms with Crippen molar-refractivity contribution in [2.75, 3.05) is 5.32 Å². The van der Waals surface area contributed by atoms with E-state index in [0.717, 1.165) is 5.56 Å². The molecule has 0 radical (unpaired) electrons. The number of benzene rings is 1. The molecule has 0 saturated carbocycles. The fourth-order valence-electron chi connectivity index (χ4n) is 1.95. The molecule has 0 aliphatic carbocycles. The van der Waals surface area contributed by atoms with Gasteiger partial charge in [-0.2, -0.15) is 0 Å². The summed E-state index contributed by atoms with van der Waals surface area (Å²) in [5, 5.41) is 5.83. The number of thiocarbonyl (C=S) groups is 1. The van der Waals surface area contributed by atoms with Crippen molar-refractivity contribution in [1.82, 2.24) is 10.3 Å². The minimum Gasteiger partial charge on any atom is -0.317 e. The monoisotopic (exact) mass is 313 g/mol. The van der Waals surface area contributed by atoms with Crippen molar-refractivity contribution in [1.29, 1.82) is 0 Å². The fourth-order valence-corrected chi connectivity index (χ4v) is 2.14. The molecule has 2 aromatic rings. The molecule has 0 aliphatic rings. The molecule has 1 amide bonds. The molecule has 22 heavy (non-hydrogen) atoms. The Kier molecular flexibility index (Phi) is 5.22. The molecule has 0 unspecified atom stereocenters. The second kappa shape index (κ2) is 7.13. The van der Waals surface area contributed by atoms with E-state index in [9.17, 15) is 4.79 Å². The predicted octanol–water partition coefficient (Wildman–Crippen LogP) is 3.64. The predicted molar refractivity (Wildman–Crippen MR) is 93.2 cm³/mol. The topological polar surface area (TPSA) is 54.0 Å². The number of hydrogen-bond acceptors (Lipinski definition) is 3. The molecular weight excluding hydrogens is 294 g/mol. The van der Waals surface area contributed by atoms with Crippen LogP contribution in [0.3, 0.4) is 0 Å². The zero-order valence-corrected chi connectivity index (χ0v) is 13.7. The maximum atomic E-state index is 12.2. The first kappa shape index (κ1) is 16.1. The lowest BCUT2D eigenvalue weighted by atomic mass is 10.0. The summed E-state index contributed by atoms with van der Waals surface area (Å²) >= 11 is 5.16. The standard InChI is InChI=1S/C17H19N3OS/c1-11(2)13-6-8-14(9-7-13)16(21)20-17(22)19-15-12(3)5-4-10-18-15/h4-11H,1-3H3,(H2,18,19,20,21,22). The molecule has 5 heteroatoms. The Morgan fingerprint density at radius 1 is 1.18 bits per heavy atom. The first-order valence-corrected chi connectivity index (χ1v) is 7.52. The molecule has 1 heterocycles. The summed E-state index contributed by atoms with van der Waals surface area (Å²) in [7, 11) is 0. The van der Waals surface area contributed by atoms with E-state index < -0.39 is 0 Å². The van der Waals surface area contributed by atoms with Crippen molar-refractivity contribution in [3.63, 3.8) is 0 Å². The number of carbonyl (C=O) groups excluding carboxylic acids is 1. The van der Waals surface area contributed by atoms with Gasteiger partial charge in [0.2, 0.25) is 0 Å². The van der Waals surface area contributed by atoms with Crippen LogP contribution in [-0.2, 0) is 0 Å². The second-order valence-electron chi connectivity index (χ2n) is 5.35. The van der Waals surface area contributed by atoms with E-state index in [1.807, 2.05) is 31.2 Å². The van der Waals surface area contributed by atoms with Crippen LogP contribution in [0.15, 0.2) is 42.6 Å². The van der Waals surface area contributed by atoms with Crippen LogP contribution in [0.2, 0.25) is 0 Å². The highest BCUT2D eigenvalue weighted by molar-refractivity contribution is 7.80. The second-order valence-corrected chi connectivity index (χ2v) is 5.76. The van der Waals surface area contributed by atoms with E-state index in [4.69, 9.17) is 12.2 Å². The lowest BCUT2D eigenvalue weighted by Crippen LogP contribution is -2.34. The summed E-state index contributed by atoms with van der Waals surface area (Å²) in [6.45, 7) is 6.15. The van der Waals surface area contributed by atoms with Crippen molar-refractivity contribution in [2.45, 2.75) is 26.7 Å². The van der Waals surface area contributed by atoms with Crippen LogP contribution in [0.4, 0.5) is 5.82 Å². The van der Waals surface area contributed by atoms with E-state index in [1.165, 1.54) is 5.56 Å². The number of hydrogen-bond donors (Lipinski definition) is 2. The third-order valence-electron chi connectivity index (χ3n) is 3.31.